The highest BCUT2D eigenvalue weighted by atomic mass is 32.2. The van der Waals surface area contributed by atoms with Crippen LogP contribution >= 0.6 is 11.3 Å². The van der Waals surface area contributed by atoms with Gasteiger partial charge in [-0.15, -0.1) is 11.3 Å². The van der Waals surface area contributed by atoms with E-state index in [0.717, 1.165) is 23.5 Å². The molecule has 0 aliphatic heterocycles. The minimum atomic E-state index is -3.99. The smallest absolute Gasteiger partial charge is 0.264 e. The van der Waals surface area contributed by atoms with E-state index in [1.807, 2.05) is 0 Å². The summed E-state index contributed by atoms with van der Waals surface area (Å²) in [5, 5.41) is 10.5. The van der Waals surface area contributed by atoms with Gasteiger partial charge in [-0.3, -0.25) is 4.72 Å². The summed E-state index contributed by atoms with van der Waals surface area (Å²) in [5.74, 6) is -1.95. The number of nitrogens with one attached hydrogen (secondary N) is 1. The van der Waals surface area contributed by atoms with E-state index in [0.29, 0.717) is 10.4 Å². The third kappa shape index (κ3) is 3.76. The van der Waals surface area contributed by atoms with E-state index < -0.39 is 21.8 Å². The number of thiazole rings is 1. The Morgan fingerprint density at radius 2 is 2.19 bits per heavy atom. The number of hydrogen-bond donors (Lipinski definition) is 1. The zero-order chi connectivity index (χ0) is 15.6. The molecule has 0 saturated heterocycles. The molecule has 6 nitrogen and oxygen atoms in total. The molecule has 1 aromatic heterocycles. The lowest BCUT2D eigenvalue weighted by atomic mass is 10.2. The summed E-state index contributed by atoms with van der Waals surface area (Å²) < 4.78 is 39.7. The highest BCUT2D eigenvalue weighted by Gasteiger charge is 2.19. The Morgan fingerprint density at radius 3 is 2.86 bits per heavy atom. The number of carboxylic acids is 1. The standard InChI is InChI=1S/C12H11FN2O4S2/c1-7-2-3-8(13)4-10(7)21(18,19)15-12-14-6-9(20-12)5-11(16)17/h2-4,6H,5H2,1H3,(H,14,15)(H,16,17)/p-1. The zero-order valence-electron chi connectivity index (χ0n) is 10.8. The van der Waals surface area contributed by atoms with E-state index in [9.17, 15) is 22.7 Å². The third-order valence-electron chi connectivity index (χ3n) is 2.53. The summed E-state index contributed by atoms with van der Waals surface area (Å²) in [5.41, 5.74) is 0.385. The molecule has 1 N–H and O–H groups in total. The molecule has 21 heavy (non-hydrogen) atoms. The Labute approximate surface area is 124 Å². The molecule has 0 fully saturated rings. The summed E-state index contributed by atoms with van der Waals surface area (Å²) in [4.78, 5) is 14.4. The van der Waals surface area contributed by atoms with Crippen molar-refractivity contribution >= 4 is 32.5 Å². The van der Waals surface area contributed by atoms with E-state index in [1.165, 1.54) is 19.2 Å². The van der Waals surface area contributed by atoms with Crippen LogP contribution in [0.4, 0.5) is 9.52 Å². The van der Waals surface area contributed by atoms with E-state index >= 15 is 0 Å². The molecule has 112 valence electrons. The average molecular weight is 329 g/mol. The summed E-state index contributed by atoms with van der Waals surface area (Å²) in [6, 6.07) is 3.43. The van der Waals surface area contributed by atoms with Crippen molar-refractivity contribution < 1.29 is 22.7 Å². The summed E-state index contributed by atoms with van der Waals surface area (Å²) in [6.07, 6.45) is 0.898. The van der Waals surface area contributed by atoms with Gasteiger partial charge in [-0.25, -0.2) is 17.8 Å². The molecule has 0 saturated carbocycles. The maximum absolute atomic E-state index is 13.2. The van der Waals surface area contributed by atoms with Crippen LogP contribution in [0.5, 0.6) is 0 Å². The summed E-state index contributed by atoms with van der Waals surface area (Å²) in [7, 11) is -3.99. The molecule has 0 aliphatic carbocycles. The van der Waals surface area contributed by atoms with Gasteiger partial charge in [0.2, 0.25) is 0 Å². The van der Waals surface area contributed by atoms with E-state index in [-0.39, 0.29) is 16.4 Å². The second-order valence-corrected chi connectivity index (χ2v) is 6.96. The maximum Gasteiger partial charge on any atom is 0.264 e. The molecular weight excluding hydrogens is 319 g/mol. The number of carboxylic acid groups (broad SMARTS) is 1. The molecule has 0 aliphatic rings. The predicted molar refractivity (Wildman–Crippen MR) is 72.8 cm³/mol. The van der Waals surface area contributed by atoms with Gasteiger partial charge >= 0.3 is 0 Å². The van der Waals surface area contributed by atoms with Crippen LogP contribution in [0.3, 0.4) is 0 Å². The predicted octanol–water partition coefficient (Wildman–Crippen LogP) is 0.684. The maximum atomic E-state index is 13.2. The van der Waals surface area contributed by atoms with E-state index in [2.05, 4.69) is 9.71 Å². The number of anilines is 1. The SMILES string of the molecule is Cc1ccc(F)cc1S(=O)(=O)Nc1ncc(CC(=O)[O-])s1. The van der Waals surface area contributed by atoms with Gasteiger partial charge in [0.15, 0.2) is 5.13 Å². The molecule has 2 aromatic rings. The van der Waals surface area contributed by atoms with Crippen molar-refractivity contribution in [2.24, 2.45) is 0 Å². The van der Waals surface area contributed by atoms with Gasteiger partial charge in [0, 0.05) is 23.5 Å². The van der Waals surface area contributed by atoms with Gasteiger partial charge in [-0.1, -0.05) is 6.07 Å². The van der Waals surface area contributed by atoms with Crippen LogP contribution in [0.1, 0.15) is 10.4 Å². The molecule has 1 heterocycles. The van der Waals surface area contributed by atoms with Gasteiger partial charge < -0.3 is 9.90 Å². The van der Waals surface area contributed by atoms with Gasteiger partial charge in [0.1, 0.15) is 5.82 Å². The fraction of sp³-hybridized carbons (Fsp3) is 0.167. The minimum Gasteiger partial charge on any atom is -0.550 e. The largest absolute Gasteiger partial charge is 0.550 e. The second kappa shape index (κ2) is 5.78. The molecule has 2 rings (SSSR count). The van der Waals surface area contributed by atoms with Gasteiger partial charge in [0.05, 0.1) is 4.90 Å². The van der Waals surface area contributed by atoms with Crippen LogP contribution in [-0.4, -0.2) is 19.4 Å². The quantitative estimate of drug-likeness (QED) is 0.870. The number of rotatable bonds is 5. The van der Waals surface area contributed by atoms with Crippen LogP contribution in [0, 0.1) is 12.7 Å². The van der Waals surface area contributed by atoms with Crippen molar-refractivity contribution in [3.05, 3.63) is 40.7 Å². The van der Waals surface area contributed by atoms with Crippen molar-refractivity contribution in [2.75, 3.05) is 4.72 Å². The zero-order valence-corrected chi connectivity index (χ0v) is 12.4. The van der Waals surface area contributed by atoms with Crippen molar-refractivity contribution in [1.29, 1.82) is 0 Å². The molecule has 0 bridgehead atoms. The molecule has 0 amide bonds. The Morgan fingerprint density at radius 1 is 1.48 bits per heavy atom. The fourth-order valence-electron chi connectivity index (χ4n) is 1.61. The van der Waals surface area contributed by atoms with Gasteiger partial charge in [0.25, 0.3) is 10.0 Å². The Hall–Kier alpha value is -2.00. The summed E-state index contributed by atoms with van der Waals surface area (Å²) in [6.45, 7) is 1.54. The highest BCUT2D eigenvalue weighted by Crippen LogP contribution is 2.24. The van der Waals surface area contributed by atoms with Crippen LogP contribution in [0.15, 0.2) is 29.3 Å². The molecule has 0 radical (unpaired) electrons. The average Bonchev–Trinajstić information content (AvgIpc) is 2.77. The van der Waals surface area contributed by atoms with Gasteiger partial charge in [-0.2, -0.15) is 0 Å². The van der Waals surface area contributed by atoms with E-state index in [4.69, 9.17) is 0 Å². The van der Waals surface area contributed by atoms with Gasteiger partial charge in [-0.05, 0) is 24.6 Å². The molecule has 1 aromatic carbocycles. The number of halogens is 1. The number of carbonyl (C=O) groups excluding carboxylic acids is 1. The fourth-order valence-corrected chi connectivity index (χ4v) is 3.91. The van der Waals surface area contributed by atoms with Crippen molar-refractivity contribution in [3.8, 4) is 0 Å². The Kier molecular flexibility index (Phi) is 4.24. The number of aliphatic carboxylic acids is 1. The summed E-state index contributed by atoms with van der Waals surface area (Å²) >= 11 is 0.877. The van der Waals surface area contributed by atoms with Crippen LogP contribution in [0.25, 0.3) is 0 Å². The van der Waals surface area contributed by atoms with Crippen LogP contribution in [-0.2, 0) is 21.2 Å². The molecule has 9 heteroatoms. The van der Waals surface area contributed by atoms with Crippen molar-refractivity contribution in [1.82, 2.24) is 4.98 Å². The van der Waals surface area contributed by atoms with Crippen LogP contribution < -0.4 is 9.83 Å². The first-order valence-electron chi connectivity index (χ1n) is 5.71. The minimum absolute atomic E-state index is 0.00918. The van der Waals surface area contributed by atoms with Crippen LogP contribution in [0.2, 0.25) is 0 Å². The number of aromatic nitrogens is 1. The lowest BCUT2D eigenvalue weighted by Gasteiger charge is -2.08. The number of benzene rings is 1. The second-order valence-electron chi connectivity index (χ2n) is 4.20. The normalized spacial score (nSPS) is 11.3. The van der Waals surface area contributed by atoms with E-state index in [1.54, 1.807) is 0 Å². The Balaban J connectivity index is 2.27. The molecule has 0 atom stereocenters. The number of nitrogens with zero attached hydrogens (tertiary/aromatic N) is 1. The topological polar surface area (TPSA) is 99.2 Å². The lowest BCUT2D eigenvalue weighted by molar-refractivity contribution is -0.304. The van der Waals surface area contributed by atoms with Crippen molar-refractivity contribution in [3.63, 3.8) is 0 Å². The van der Waals surface area contributed by atoms with Crippen molar-refractivity contribution in [2.45, 2.75) is 18.2 Å². The molecule has 0 spiro atoms. The number of carbonyl (C=O) groups is 1. The number of sulfonamides is 1. The number of hydrogen-bond acceptors (Lipinski definition) is 6. The molecule has 0 unspecified atom stereocenters. The first kappa shape index (κ1) is 15.4. The Bertz CT molecular complexity index is 786. The highest BCUT2D eigenvalue weighted by molar-refractivity contribution is 7.93. The third-order valence-corrected chi connectivity index (χ3v) is 5.06. The molecular formula is C12H10FN2O4S2-. The lowest BCUT2D eigenvalue weighted by Crippen LogP contribution is -2.23. The number of aryl methyl sites for hydroxylation is 1. The first-order chi connectivity index (χ1) is 9.78. The first-order valence-corrected chi connectivity index (χ1v) is 8.01. The monoisotopic (exact) mass is 329 g/mol.